The second kappa shape index (κ2) is 4.35. The first-order valence-corrected chi connectivity index (χ1v) is 5.07. The van der Waals surface area contributed by atoms with Gasteiger partial charge in [-0.15, -0.1) is 11.6 Å². The van der Waals surface area contributed by atoms with Crippen molar-refractivity contribution in [3.05, 3.63) is 0 Å². The largest absolute Gasteiger partial charge is 0.126 e. The van der Waals surface area contributed by atoms with Gasteiger partial charge in [-0.3, -0.25) is 0 Å². The van der Waals surface area contributed by atoms with Crippen molar-refractivity contribution in [2.24, 2.45) is 17.3 Å². The maximum absolute atomic E-state index is 5.95. The highest BCUT2D eigenvalue weighted by atomic mass is 35.5. The van der Waals surface area contributed by atoms with E-state index in [0.717, 1.165) is 11.8 Å². The molecule has 0 spiro atoms. The lowest BCUT2D eigenvalue weighted by Crippen LogP contribution is -2.30. The van der Waals surface area contributed by atoms with Gasteiger partial charge in [0.15, 0.2) is 0 Å². The van der Waals surface area contributed by atoms with Crippen LogP contribution >= 0.6 is 11.6 Å². The van der Waals surface area contributed by atoms with Crippen LogP contribution in [0.3, 0.4) is 0 Å². The van der Waals surface area contributed by atoms with Gasteiger partial charge in [-0.1, -0.05) is 34.6 Å². The molecule has 0 aliphatic carbocycles. The molecular weight excluding hydrogens is 156 g/mol. The zero-order valence-corrected chi connectivity index (χ0v) is 9.20. The smallest absolute Gasteiger partial charge is 0.0279 e. The first-order chi connectivity index (χ1) is 4.98. The van der Waals surface area contributed by atoms with Gasteiger partial charge in [-0.25, -0.2) is 0 Å². The third kappa shape index (κ3) is 2.66. The van der Waals surface area contributed by atoms with E-state index in [1.165, 1.54) is 6.42 Å². The van der Waals surface area contributed by atoms with Crippen molar-refractivity contribution < 1.29 is 0 Å². The van der Waals surface area contributed by atoms with Gasteiger partial charge in [0.25, 0.3) is 0 Å². The van der Waals surface area contributed by atoms with Gasteiger partial charge in [0.2, 0.25) is 0 Å². The first kappa shape index (κ1) is 11.3. The summed E-state index contributed by atoms with van der Waals surface area (Å²) in [6.07, 6.45) is 1.18. The van der Waals surface area contributed by atoms with E-state index in [0.29, 0.717) is 11.3 Å². The minimum absolute atomic E-state index is 0.329. The molecule has 0 radical (unpaired) electrons. The minimum atomic E-state index is 0.329. The van der Waals surface area contributed by atoms with Crippen LogP contribution in [-0.4, -0.2) is 5.88 Å². The highest BCUT2D eigenvalue weighted by Gasteiger charge is 2.29. The van der Waals surface area contributed by atoms with Gasteiger partial charge < -0.3 is 0 Å². The second-order valence-electron chi connectivity index (χ2n) is 4.17. The number of alkyl halides is 1. The summed E-state index contributed by atoms with van der Waals surface area (Å²) in [4.78, 5) is 0. The Labute approximate surface area is 76.3 Å². The van der Waals surface area contributed by atoms with Crippen LogP contribution in [0.4, 0.5) is 0 Å². The molecule has 0 aromatic carbocycles. The highest BCUT2D eigenvalue weighted by molar-refractivity contribution is 6.18. The summed E-state index contributed by atoms with van der Waals surface area (Å²) in [6, 6.07) is 0. The van der Waals surface area contributed by atoms with Crippen molar-refractivity contribution in [1.82, 2.24) is 0 Å². The zero-order chi connectivity index (χ0) is 9.07. The quantitative estimate of drug-likeness (QED) is 0.570. The van der Waals surface area contributed by atoms with E-state index in [1.807, 2.05) is 0 Å². The van der Waals surface area contributed by atoms with Crippen molar-refractivity contribution in [3.63, 3.8) is 0 Å². The van der Waals surface area contributed by atoms with Crippen molar-refractivity contribution in [1.29, 1.82) is 0 Å². The summed E-state index contributed by atoms with van der Waals surface area (Å²) < 4.78 is 0. The summed E-state index contributed by atoms with van der Waals surface area (Å²) in [7, 11) is 0. The van der Waals surface area contributed by atoms with Crippen LogP contribution < -0.4 is 0 Å². The molecule has 0 amide bonds. The van der Waals surface area contributed by atoms with Crippen LogP contribution in [0.25, 0.3) is 0 Å². The third-order valence-corrected chi connectivity index (χ3v) is 3.82. The normalized spacial score (nSPS) is 19.9. The Morgan fingerprint density at radius 3 is 1.82 bits per heavy atom. The standard InChI is InChI=1S/C10H21Cl/c1-6-10(5,7-11)9(4)8(2)3/h8-9H,6-7H2,1-5H3. The van der Waals surface area contributed by atoms with Crippen LogP contribution in [-0.2, 0) is 0 Å². The molecule has 11 heavy (non-hydrogen) atoms. The van der Waals surface area contributed by atoms with Gasteiger partial charge >= 0.3 is 0 Å². The SMILES string of the molecule is CCC(C)(CCl)C(C)C(C)C. The second-order valence-corrected chi connectivity index (χ2v) is 4.44. The molecule has 0 aromatic rings. The zero-order valence-electron chi connectivity index (χ0n) is 8.45. The van der Waals surface area contributed by atoms with E-state index in [4.69, 9.17) is 11.6 Å². The molecule has 0 saturated heterocycles. The van der Waals surface area contributed by atoms with Crippen molar-refractivity contribution in [2.45, 2.75) is 41.0 Å². The summed E-state index contributed by atoms with van der Waals surface area (Å²) in [6.45, 7) is 11.3. The maximum atomic E-state index is 5.95. The monoisotopic (exact) mass is 176 g/mol. The van der Waals surface area contributed by atoms with Crippen LogP contribution in [0.2, 0.25) is 0 Å². The average Bonchev–Trinajstić information content (AvgIpc) is 2.01. The Bertz CT molecular complexity index is 103. The molecule has 0 saturated carbocycles. The number of hydrogen-bond donors (Lipinski definition) is 0. The molecule has 1 heteroatoms. The van der Waals surface area contributed by atoms with E-state index >= 15 is 0 Å². The first-order valence-electron chi connectivity index (χ1n) is 4.54. The lowest BCUT2D eigenvalue weighted by Gasteiger charge is -2.35. The molecular formula is C10H21Cl. The average molecular weight is 177 g/mol. The third-order valence-electron chi connectivity index (χ3n) is 3.21. The molecule has 2 atom stereocenters. The summed E-state index contributed by atoms with van der Waals surface area (Å²) >= 11 is 5.95. The van der Waals surface area contributed by atoms with E-state index in [2.05, 4.69) is 34.6 Å². The molecule has 0 heterocycles. The predicted molar refractivity (Wildman–Crippen MR) is 53.1 cm³/mol. The Morgan fingerprint density at radius 1 is 1.27 bits per heavy atom. The van der Waals surface area contributed by atoms with Gasteiger partial charge in [0.1, 0.15) is 0 Å². The number of rotatable bonds is 4. The van der Waals surface area contributed by atoms with E-state index < -0.39 is 0 Å². The fourth-order valence-corrected chi connectivity index (χ4v) is 1.78. The van der Waals surface area contributed by atoms with Gasteiger partial charge in [0, 0.05) is 5.88 Å². The number of hydrogen-bond acceptors (Lipinski definition) is 0. The minimum Gasteiger partial charge on any atom is -0.126 e. The molecule has 0 fully saturated rings. The Hall–Kier alpha value is 0.290. The molecule has 0 aliphatic rings. The molecule has 68 valence electrons. The van der Waals surface area contributed by atoms with Crippen molar-refractivity contribution in [3.8, 4) is 0 Å². The van der Waals surface area contributed by atoms with Crippen LogP contribution in [0.5, 0.6) is 0 Å². The molecule has 0 rings (SSSR count). The topological polar surface area (TPSA) is 0 Å². The van der Waals surface area contributed by atoms with Gasteiger partial charge in [0.05, 0.1) is 0 Å². The molecule has 0 N–H and O–H groups in total. The van der Waals surface area contributed by atoms with E-state index in [9.17, 15) is 0 Å². The fourth-order valence-electron chi connectivity index (χ4n) is 1.34. The maximum Gasteiger partial charge on any atom is 0.0279 e. The van der Waals surface area contributed by atoms with E-state index in [-0.39, 0.29) is 0 Å². The number of halogens is 1. The van der Waals surface area contributed by atoms with Crippen LogP contribution in [0.1, 0.15) is 41.0 Å². The Kier molecular flexibility index (Phi) is 4.46. The Balaban J connectivity index is 4.24. The Morgan fingerprint density at radius 2 is 1.73 bits per heavy atom. The van der Waals surface area contributed by atoms with Crippen molar-refractivity contribution in [2.75, 3.05) is 5.88 Å². The molecule has 0 aromatic heterocycles. The summed E-state index contributed by atoms with van der Waals surface area (Å²) in [5, 5.41) is 0. The molecule has 0 bridgehead atoms. The predicted octanol–water partition coefficient (Wildman–Crippen LogP) is 3.93. The summed E-state index contributed by atoms with van der Waals surface area (Å²) in [5.41, 5.74) is 0.329. The summed E-state index contributed by atoms with van der Waals surface area (Å²) in [5.74, 6) is 2.23. The highest BCUT2D eigenvalue weighted by Crippen LogP contribution is 2.36. The molecule has 0 aliphatic heterocycles. The lowest BCUT2D eigenvalue weighted by molar-refractivity contribution is 0.172. The van der Waals surface area contributed by atoms with Crippen molar-refractivity contribution >= 4 is 11.6 Å². The fraction of sp³-hybridized carbons (Fsp3) is 1.00. The molecule has 2 unspecified atom stereocenters. The molecule has 0 nitrogen and oxygen atoms in total. The van der Waals surface area contributed by atoms with Gasteiger partial charge in [-0.2, -0.15) is 0 Å². The van der Waals surface area contributed by atoms with Crippen LogP contribution in [0, 0.1) is 17.3 Å². The lowest BCUT2D eigenvalue weighted by atomic mass is 9.72. The van der Waals surface area contributed by atoms with E-state index in [1.54, 1.807) is 0 Å². The van der Waals surface area contributed by atoms with Crippen LogP contribution in [0.15, 0.2) is 0 Å². The van der Waals surface area contributed by atoms with Gasteiger partial charge in [-0.05, 0) is 23.7 Å².